The van der Waals surface area contributed by atoms with Crippen LogP contribution in [0.15, 0.2) is 11.6 Å². The Hall–Kier alpha value is -0.870. The molecule has 4 rings (SSSR count). The van der Waals surface area contributed by atoms with Crippen LogP contribution < -0.4 is 0 Å². The molecule has 0 saturated heterocycles. The van der Waals surface area contributed by atoms with Crippen molar-refractivity contribution in [1.82, 2.24) is 5.06 Å². The molecule has 0 radical (unpaired) electrons. The standard InChI is InChI=1S/C27H45NO3/c1-6-31-28(5)25(30)12-7-18(2)22-10-11-23-21-9-8-19-17-20(29)13-15-26(19,3)24(21)14-16-27(22,23)4/h8,18,20-24,29H,6-7,9-17H2,1-5H3/t18?,20-,21-,22+,23-,24-,26-,27+/m0/s1. The lowest BCUT2D eigenvalue weighted by molar-refractivity contribution is -0.177. The lowest BCUT2D eigenvalue weighted by atomic mass is 9.47. The van der Waals surface area contributed by atoms with E-state index in [1.807, 2.05) is 6.92 Å². The zero-order chi connectivity index (χ0) is 22.4. The Bertz CT molecular complexity index is 705. The molecule has 1 N–H and O–H groups in total. The number of carbonyl (C=O) groups excluding carboxylic acids is 1. The predicted octanol–water partition coefficient (Wildman–Crippen LogP) is 5.75. The maximum Gasteiger partial charge on any atom is 0.245 e. The average molecular weight is 432 g/mol. The van der Waals surface area contributed by atoms with E-state index in [4.69, 9.17) is 4.84 Å². The minimum atomic E-state index is -0.120. The molecule has 0 aliphatic heterocycles. The molecule has 4 aliphatic rings. The number of rotatable bonds is 6. The Morgan fingerprint density at radius 3 is 2.74 bits per heavy atom. The van der Waals surface area contributed by atoms with E-state index in [1.165, 1.54) is 43.6 Å². The van der Waals surface area contributed by atoms with Crippen LogP contribution in [0, 0.1) is 40.4 Å². The normalized spacial score (nSPS) is 42.8. The van der Waals surface area contributed by atoms with Crippen molar-refractivity contribution in [1.29, 1.82) is 0 Å². The van der Waals surface area contributed by atoms with E-state index in [0.29, 0.717) is 29.8 Å². The fraction of sp³-hybridized carbons (Fsp3) is 0.889. The number of aliphatic hydroxyl groups is 1. The van der Waals surface area contributed by atoms with Gasteiger partial charge in [-0.15, -0.1) is 0 Å². The molecule has 4 aliphatic carbocycles. The first-order chi connectivity index (χ1) is 14.7. The summed E-state index contributed by atoms with van der Waals surface area (Å²) in [6.45, 7) is 9.95. The molecule has 4 heteroatoms. The van der Waals surface area contributed by atoms with Crippen LogP contribution >= 0.6 is 0 Å². The summed E-state index contributed by atoms with van der Waals surface area (Å²) >= 11 is 0. The molecule has 0 heterocycles. The van der Waals surface area contributed by atoms with Crippen LogP contribution in [0.1, 0.15) is 91.9 Å². The van der Waals surface area contributed by atoms with Gasteiger partial charge in [0.1, 0.15) is 0 Å². The first-order valence-electron chi connectivity index (χ1n) is 13.0. The minimum Gasteiger partial charge on any atom is -0.393 e. The van der Waals surface area contributed by atoms with Gasteiger partial charge in [0.25, 0.3) is 0 Å². The van der Waals surface area contributed by atoms with Crippen LogP contribution in [0.2, 0.25) is 0 Å². The fourth-order valence-corrected chi connectivity index (χ4v) is 8.59. The largest absolute Gasteiger partial charge is 0.393 e. The van der Waals surface area contributed by atoms with Crippen molar-refractivity contribution < 1.29 is 14.7 Å². The summed E-state index contributed by atoms with van der Waals surface area (Å²) in [7, 11) is 1.74. The first kappa shape index (κ1) is 23.3. The molecule has 3 saturated carbocycles. The number of hydroxylamine groups is 2. The highest BCUT2D eigenvalue weighted by Crippen LogP contribution is 2.67. The molecule has 4 nitrogen and oxygen atoms in total. The first-order valence-corrected chi connectivity index (χ1v) is 13.0. The van der Waals surface area contributed by atoms with Gasteiger partial charge in [-0.25, -0.2) is 5.06 Å². The maximum absolute atomic E-state index is 12.4. The Morgan fingerprint density at radius 1 is 1.23 bits per heavy atom. The quantitative estimate of drug-likeness (QED) is 0.430. The van der Waals surface area contributed by atoms with Crippen LogP contribution in [0.25, 0.3) is 0 Å². The van der Waals surface area contributed by atoms with Gasteiger partial charge in [-0.05, 0) is 105 Å². The Kier molecular flexibility index (Phi) is 6.63. The van der Waals surface area contributed by atoms with Gasteiger partial charge >= 0.3 is 0 Å². The number of aliphatic hydroxyl groups excluding tert-OH is 1. The lowest BCUT2D eigenvalue weighted by Gasteiger charge is -2.58. The summed E-state index contributed by atoms with van der Waals surface area (Å²) in [5.41, 5.74) is 2.31. The van der Waals surface area contributed by atoms with E-state index in [1.54, 1.807) is 12.6 Å². The number of carbonyl (C=O) groups is 1. The van der Waals surface area contributed by atoms with Crippen LogP contribution in [0.4, 0.5) is 0 Å². The van der Waals surface area contributed by atoms with Gasteiger partial charge in [0.05, 0.1) is 12.7 Å². The molecule has 0 aromatic heterocycles. The molecule has 1 amide bonds. The average Bonchev–Trinajstić information content (AvgIpc) is 3.09. The zero-order valence-electron chi connectivity index (χ0n) is 20.5. The van der Waals surface area contributed by atoms with E-state index >= 15 is 0 Å². The smallest absolute Gasteiger partial charge is 0.245 e. The third-order valence-electron chi connectivity index (χ3n) is 10.3. The number of hydrogen-bond acceptors (Lipinski definition) is 3. The number of fused-ring (bicyclic) bond motifs is 5. The molecule has 3 fully saturated rings. The molecule has 1 unspecified atom stereocenters. The number of nitrogens with zero attached hydrogens (tertiary/aromatic N) is 1. The van der Waals surface area contributed by atoms with Crippen LogP contribution in [0.5, 0.6) is 0 Å². The van der Waals surface area contributed by atoms with Gasteiger partial charge in [-0.2, -0.15) is 0 Å². The third-order valence-corrected chi connectivity index (χ3v) is 10.3. The lowest BCUT2D eigenvalue weighted by Crippen LogP contribution is -2.50. The highest BCUT2D eigenvalue weighted by atomic mass is 16.7. The molecule has 31 heavy (non-hydrogen) atoms. The van der Waals surface area contributed by atoms with Crippen molar-refractivity contribution in [2.45, 2.75) is 98.0 Å². The predicted molar refractivity (Wildman–Crippen MR) is 124 cm³/mol. The van der Waals surface area contributed by atoms with Gasteiger partial charge in [-0.1, -0.05) is 32.4 Å². The minimum absolute atomic E-state index is 0.106. The van der Waals surface area contributed by atoms with E-state index in [-0.39, 0.29) is 12.0 Å². The van der Waals surface area contributed by atoms with Crippen LogP contribution in [-0.2, 0) is 9.63 Å². The second kappa shape index (κ2) is 8.82. The summed E-state index contributed by atoms with van der Waals surface area (Å²) in [5.74, 6) is 3.85. The highest BCUT2D eigenvalue weighted by Gasteiger charge is 2.59. The van der Waals surface area contributed by atoms with Gasteiger partial charge < -0.3 is 5.11 Å². The van der Waals surface area contributed by atoms with Crippen molar-refractivity contribution in [3.05, 3.63) is 11.6 Å². The molecular weight excluding hydrogens is 386 g/mol. The van der Waals surface area contributed by atoms with Crippen LogP contribution in [-0.4, -0.2) is 35.8 Å². The van der Waals surface area contributed by atoms with Crippen LogP contribution in [0.3, 0.4) is 0 Å². The SMILES string of the molecule is CCON(C)C(=O)CCC(C)[C@H]1CC[C@H]2[C@@H]3CC=C4C[C@@H](O)CC[C@]4(C)[C@H]3CC[C@]12C. The zero-order valence-corrected chi connectivity index (χ0v) is 20.5. The van der Waals surface area contributed by atoms with Gasteiger partial charge in [0.2, 0.25) is 5.91 Å². The van der Waals surface area contributed by atoms with Crippen molar-refractivity contribution in [3.63, 3.8) is 0 Å². The maximum atomic E-state index is 12.4. The monoisotopic (exact) mass is 431 g/mol. The second-order valence-corrected chi connectivity index (χ2v) is 11.7. The van der Waals surface area contributed by atoms with E-state index in [0.717, 1.165) is 42.9 Å². The molecule has 176 valence electrons. The third kappa shape index (κ3) is 4.01. The summed E-state index contributed by atoms with van der Waals surface area (Å²) in [5, 5.41) is 11.6. The number of hydrogen-bond donors (Lipinski definition) is 1. The summed E-state index contributed by atoms with van der Waals surface area (Å²) in [4.78, 5) is 17.7. The van der Waals surface area contributed by atoms with Gasteiger partial charge in [-0.3, -0.25) is 9.63 Å². The van der Waals surface area contributed by atoms with Gasteiger partial charge in [0.15, 0.2) is 0 Å². The Morgan fingerprint density at radius 2 is 2.00 bits per heavy atom. The molecule has 0 spiro atoms. The van der Waals surface area contributed by atoms with E-state index < -0.39 is 0 Å². The molecule has 0 aromatic rings. The highest BCUT2D eigenvalue weighted by molar-refractivity contribution is 5.74. The van der Waals surface area contributed by atoms with Crippen molar-refractivity contribution >= 4 is 5.91 Å². The summed E-state index contributed by atoms with van der Waals surface area (Å²) < 4.78 is 0. The van der Waals surface area contributed by atoms with E-state index in [2.05, 4.69) is 26.8 Å². The van der Waals surface area contributed by atoms with Gasteiger partial charge in [0, 0.05) is 13.5 Å². The van der Waals surface area contributed by atoms with Crippen molar-refractivity contribution in [2.75, 3.05) is 13.7 Å². The number of amides is 1. The van der Waals surface area contributed by atoms with Crippen molar-refractivity contribution in [3.8, 4) is 0 Å². The molecule has 0 aromatic carbocycles. The molecular formula is C27H45NO3. The Balaban J connectivity index is 1.44. The summed E-state index contributed by atoms with van der Waals surface area (Å²) in [6, 6.07) is 0. The van der Waals surface area contributed by atoms with Crippen molar-refractivity contribution in [2.24, 2.45) is 40.4 Å². The number of allylic oxidation sites excluding steroid dienone is 1. The molecule has 0 bridgehead atoms. The topological polar surface area (TPSA) is 49.8 Å². The molecule has 8 atom stereocenters. The Labute approximate surface area is 189 Å². The second-order valence-electron chi connectivity index (χ2n) is 11.7. The summed E-state index contributed by atoms with van der Waals surface area (Å²) in [6.07, 6.45) is 13.6. The van der Waals surface area contributed by atoms with E-state index in [9.17, 15) is 9.90 Å². The fourth-order valence-electron chi connectivity index (χ4n) is 8.59.